The van der Waals surface area contributed by atoms with Crippen molar-refractivity contribution in [2.45, 2.75) is 26.0 Å². The summed E-state index contributed by atoms with van der Waals surface area (Å²) in [6.07, 6.45) is 1.03. The molecular formula is C18H21NO2. The van der Waals surface area contributed by atoms with Gasteiger partial charge in [0.1, 0.15) is 24.2 Å². The Balaban J connectivity index is 1.59. The van der Waals surface area contributed by atoms with Gasteiger partial charge in [0.05, 0.1) is 0 Å². The van der Waals surface area contributed by atoms with Crippen LogP contribution in [-0.2, 0) is 13.0 Å². The Labute approximate surface area is 125 Å². The van der Waals surface area contributed by atoms with E-state index in [9.17, 15) is 0 Å². The van der Waals surface area contributed by atoms with Gasteiger partial charge >= 0.3 is 0 Å². The molecule has 0 saturated heterocycles. The highest BCUT2D eigenvalue weighted by molar-refractivity contribution is 5.37. The van der Waals surface area contributed by atoms with E-state index in [-0.39, 0.29) is 6.10 Å². The molecule has 21 heavy (non-hydrogen) atoms. The van der Waals surface area contributed by atoms with E-state index in [1.54, 1.807) is 0 Å². The minimum atomic E-state index is 0.106. The van der Waals surface area contributed by atoms with Crippen molar-refractivity contribution >= 4 is 0 Å². The van der Waals surface area contributed by atoms with Gasteiger partial charge in [-0.2, -0.15) is 0 Å². The monoisotopic (exact) mass is 283 g/mol. The van der Waals surface area contributed by atoms with Crippen LogP contribution in [0.4, 0.5) is 0 Å². The Morgan fingerprint density at radius 3 is 2.81 bits per heavy atom. The molecule has 0 radical (unpaired) electrons. The van der Waals surface area contributed by atoms with Crippen LogP contribution >= 0.6 is 0 Å². The summed E-state index contributed by atoms with van der Waals surface area (Å²) in [5.41, 5.74) is 2.46. The molecule has 3 rings (SSSR count). The summed E-state index contributed by atoms with van der Waals surface area (Å²) in [6, 6.07) is 16.4. The molecule has 0 spiro atoms. The van der Waals surface area contributed by atoms with Gasteiger partial charge in [0.25, 0.3) is 0 Å². The average molecular weight is 283 g/mol. The van der Waals surface area contributed by atoms with E-state index in [2.05, 4.69) is 30.4 Å². The maximum atomic E-state index is 5.98. The van der Waals surface area contributed by atoms with Crippen molar-refractivity contribution in [3.8, 4) is 11.5 Å². The maximum Gasteiger partial charge on any atom is 0.137 e. The number of hydrogen-bond donors (Lipinski definition) is 1. The van der Waals surface area contributed by atoms with Gasteiger partial charge in [-0.15, -0.1) is 0 Å². The smallest absolute Gasteiger partial charge is 0.137 e. The fourth-order valence-electron chi connectivity index (χ4n) is 2.58. The molecule has 0 aliphatic carbocycles. The van der Waals surface area contributed by atoms with E-state index in [4.69, 9.17) is 9.47 Å². The van der Waals surface area contributed by atoms with Crippen molar-refractivity contribution in [2.24, 2.45) is 0 Å². The molecule has 3 heteroatoms. The minimum Gasteiger partial charge on any atom is -0.489 e. The molecule has 0 fully saturated rings. The second-order valence-corrected chi connectivity index (χ2v) is 5.25. The largest absolute Gasteiger partial charge is 0.489 e. The zero-order chi connectivity index (χ0) is 14.5. The number of nitrogens with one attached hydrogen (secondary N) is 1. The zero-order valence-corrected chi connectivity index (χ0v) is 12.3. The lowest BCUT2D eigenvalue weighted by Gasteiger charge is -2.15. The lowest BCUT2D eigenvalue weighted by Crippen LogP contribution is -2.23. The number of para-hydroxylation sites is 2. The van der Waals surface area contributed by atoms with E-state index in [1.165, 1.54) is 11.1 Å². The van der Waals surface area contributed by atoms with E-state index in [0.717, 1.165) is 31.0 Å². The lowest BCUT2D eigenvalue weighted by atomic mass is 10.1. The van der Waals surface area contributed by atoms with Crippen molar-refractivity contribution in [1.29, 1.82) is 0 Å². The molecule has 1 aliphatic heterocycles. The highest BCUT2D eigenvalue weighted by atomic mass is 16.5. The summed E-state index contributed by atoms with van der Waals surface area (Å²) in [6.45, 7) is 4.47. The topological polar surface area (TPSA) is 30.5 Å². The molecule has 2 aromatic rings. The molecule has 0 aromatic heterocycles. The van der Waals surface area contributed by atoms with E-state index >= 15 is 0 Å². The molecule has 1 N–H and O–H groups in total. The molecule has 1 aliphatic rings. The number of rotatable bonds is 6. The van der Waals surface area contributed by atoms with Gasteiger partial charge in [0.15, 0.2) is 0 Å². The third-order valence-corrected chi connectivity index (χ3v) is 3.68. The normalized spacial score (nSPS) is 16.3. The van der Waals surface area contributed by atoms with Crippen LogP contribution in [0.1, 0.15) is 18.1 Å². The predicted molar refractivity (Wildman–Crippen MR) is 83.9 cm³/mol. The van der Waals surface area contributed by atoms with Crippen LogP contribution in [-0.4, -0.2) is 19.3 Å². The number of hydrogen-bond acceptors (Lipinski definition) is 3. The predicted octanol–water partition coefficient (Wildman–Crippen LogP) is 3.18. The van der Waals surface area contributed by atoms with Crippen molar-refractivity contribution in [2.75, 3.05) is 13.2 Å². The van der Waals surface area contributed by atoms with Gasteiger partial charge in [-0.05, 0) is 24.2 Å². The summed E-state index contributed by atoms with van der Waals surface area (Å²) in [5.74, 6) is 1.94. The Morgan fingerprint density at radius 1 is 1.14 bits per heavy atom. The van der Waals surface area contributed by atoms with E-state index in [0.29, 0.717) is 6.61 Å². The van der Waals surface area contributed by atoms with Crippen LogP contribution in [0.3, 0.4) is 0 Å². The maximum absolute atomic E-state index is 5.98. The number of fused-ring (bicyclic) bond motifs is 1. The number of ether oxygens (including phenoxy) is 2. The molecule has 1 heterocycles. The summed E-state index contributed by atoms with van der Waals surface area (Å²) in [5, 5.41) is 3.34. The fraction of sp³-hybridized carbons (Fsp3) is 0.333. The van der Waals surface area contributed by atoms with Gasteiger partial charge in [-0.25, -0.2) is 0 Å². The second kappa shape index (κ2) is 6.64. The van der Waals surface area contributed by atoms with Crippen LogP contribution in [0.5, 0.6) is 11.5 Å². The summed E-state index contributed by atoms with van der Waals surface area (Å²) in [7, 11) is 0. The van der Waals surface area contributed by atoms with Crippen LogP contribution in [0, 0.1) is 0 Å². The summed E-state index contributed by atoms with van der Waals surface area (Å²) in [4.78, 5) is 0. The average Bonchev–Trinajstić information content (AvgIpc) is 2.94. The van der Waals surface area contributed by atoms with Crippen molar-refractivity contribution in [1.82, 2.24) is 5.32 Å². The first kappa shape index (κ1) is 14.0. The second-order valence-electron chi connectivity index (χ2n) is 5.25. The minimum absolute atomic E-state index is 0.106. The lowest BCUT2D eigenvalue weighted by molar-refractivity contribution is 0.147. The Hall–Kier alpha value is -2.00. The van der Waals surface area contributed by atoms with Gasteiger partial charge in [0, 0.05) is 18.5 Å². The van der Waals surface area contributed by atoms with Gasteiger partial charge in [-0.3, -0.25) is 0 Å². The van der Waals surface area contributed by atoms with Gasteiger partial charge < -0.3 is 14.8 Å². The van der Waals surface area contributed by atoms with Crippen LogP contribution < -0.4 is 14.8 Å². The molecule has 0 bridgehead atoms. The van der Waals surface area contributed by atoms with Crippen LogP contribution in [0.25, 0.3) is 0 Å². The first-order valence-electron chi connectivity index (χ1n) is 7.53. The third-order valence-electron chi connectivity index (χ3n) is 3.68. The van der Waals surface area contributed by atoms with Crippen molar-refractivity contribution < 1.29 is 9.47 Å². The Bertz CT molecular complexity index is 572. The highest BCUT2D eigenvalue weighted by Gasteiger charge is 2.23. The van der Waals surface area contributed by atoms with Gasteiger partial charge in [0.2, 0.25) is 0 Å². The van der Waals surface area contributed by atoms with Crippen molar-refractivity contribution in [3.63, 3.8) is 0 Å². The molecule has 3 nitrogen and oxygen atoms in total. The molecule has 2 aromatic carbocycles. The first-order valence-corrected chi connectivity index (χ1v) is 7.53. The quantitative estimate of drug-likeness (QED) is 0.883. The number of benzene rings is 2. The third kappa shape index (κ3) is 3.37. The summed E-state index contributed by atoms with van der Waals surface area (Å²) < 4.78 is 11.9. The van der Waals surface area contributed by atoms with E-state index < -0.39 is 0 Å². The fourth-order valence-corrected chi connectivity index (χ4v) is 2.58. The SMILES string of the molecule is CCNCc1ccccc1OCC1Cc2ccccc2O1. The van der Waals surface area contributed by atoms with Gasteiger partial charge in [-0.1, -0.05) is 43.3 Å². The molecule has 1 atom stereocenters. The zero-order valence-electron chi connectivity index (χ0n) is 12.3. The standard InChI is InChI=1S/C18H21NO2/c1-2-19-12-15-8-4-5-9-17(15)20-13-16-11-14-7-3-6-10-18(14)21-16/h3-10,16,19H,2,11-13H2,1H3. The van der Waals surface area contributed by atoms with Crippen LogP contribution in [0.15, 0.2) is 48.5 Å². The van der Waals surface area contributed by atoms with E-state index in [1.807, 2.05) is 30.3 Å². The molecule has 1 unspecified atom stereocenters. The Kier molecular flexibility index (Phi) is 4.41. The van der Waals surface area contributed by atoms with Crippen LogP contribution in [0.2, 0.25) is 0 Å². The molecule has 0 saturated carbocycles. The molecule has 110 valence electrons. The highest BCUT2D eigenvalue weighted by Crippen LogP contribution is 2.28. The van der Waals surface area contributed by atoms with Crippen molar-refractivity contribution in [3.05, 3.63) is 59.7 Å². The molecular weight excluding hydrogens is 262 g/mol. The summed E-state index contributed by atoms with van der Waals surface area (Å²) >= 11 is 0. The Morgan fingerprint density at radius 2 is 1.95 bits per heavy atom. The first-order chi connectivity index (χ1) is 10.4. The molecule has 0 amide bonds.